The highest BCUT2D eigenvalue weighted by Crippen LogP contribution is 2.36. The van der Waals surface area contributed by atoms with E-state index in [1.54, 1.807) is 0 Å². The number of sulfone groups is 6. The van der Waals surface area contributed by atoms with Gasteiger partial charge in [-0.2, -0.15) is 0 Å². The summed E-state index contributed by atoms with van der Waals surface area (Å²) in [4.78, 5) is -3.42. The maximum absolute atomic E-state index is 14.6. The third kappa shape index (κ3) is 9.29. The van der Waals surface area contributed by atoms with Crippen LogP contribution in [0.2, 0.25) is 0 Å². The van der Waals surface area contributed by atoms with E-state index in [9.17, 15) is 50.5 Å². The molecule has 6 aromatic carbocycles. The molecule has 0 saturated heterocycles. The van der Waals surface area contributed by atoms with Crippen LogP contribution in [-0.4, -0.2) is 55.1 Å². The average Bonchev–Trinajstić information content (AvgIpc) is 3.27. The Labute approximate surface area is 355 Å². The largest absolute Gasteiger partial charge is 0.222 e. The molecule has 0 amide bonds. The summed E-state index contributed by atoms with van der Waals surface area (Å²) < 4.78 is 169. The Morgan fingerprint density at radius 1 is 0.295 bits per heavy atom. The van der Waals surface area contributed by atoms with E-state index < -0.39 is 107 Å². The fourth-order valence-electron chi connectivity index (χ4n) is 5.86. The molecule has 0 heterocycles. The first kappa shape index (κ1) is 44.8. The van der Waals surface area contributed by atoms with Gasteiger partial charge in [-0.05, 0) is 96.6 Å². The van der Waals surface area contributed by atoms with E-state index in [-0.39, 0.29) is 0 Å². The van der Waals surface area contributed by atoms with Crippen molar-refractivity contribution in [1.29, 1.82) is 0 Å². The zero-order valence-corrected chi connectivity index (χ0v) is 36.4. The lowest BCUT2D eigenvalue weighted by Crippen LogP contribution is -2.29. The number of rotatable bonds is 15. The summed E-state index contributed by atoms with van der Waals surface area (Å²) in [6.45, 7) is 0. The summed E-state index contributed by atoms with van der Waals surface area (Å²) in [5, 5.41) is 0. The Hall–Kier alpha value is -5.76. The Kier molecular flexibility index (Phi) is 13.0. The molecule has 18 heteroatoms. The number of hydrogen-bond acceptors (Lipinski definition) is 12. The van der Waals surface area contributed by atoms with Gasteiger partial charge < -0.3 is 0 Å². The van der Waals surface area contributed by atoms with Gasteiger partial charge in [0.05, 0.1) is 29.4 Å². The van der Waals surface area contributed by atoms with Crippen LogP contribution >= 0.6 is 0 Å². The lowest BCUT2D eigenvalue weighted by atomic mass is 10.2. The second kappa shape index (κ2) is 17.7. The highest BCUT2D eigenvalue weighted by atomic mass is 32.3. The molecule has 12 nitrogen and oxygen atoms in total. The first-order valence-electron chi connectivity index (χ1n) is 17.8. The summed E-state index contributed by atoms with van der Waals surface area (Å²) >= 11 is 0. The minimum absolute atomic E-state index is 0.361. The van der Waals surface area contributed by atoms with E-state index in [1.807, 2.05) is 0 Å². The zero-order chi connectivity index (χ0) is 44.1. The molecule has 6 aromatic rings. The van der Waals surface area contributed by atoms with E-state index >= 15 is 0 Å². The molecule has 0 atom stereocenters. The fraction of sp³-hybridized carbons (Fsp3) is 0.0233. The predicted molar refractivity (Wildman–Crippen MR) is 230 cm³/mol. The van der Waals surface area contributed by atoms with Crippen molar-refractivity contribution in [3.8, 4) is 0 Å². The van der Waals surface area contributed by atoms with Crippen molar-refractivity contribution in [1.82, 2.24) is 0 Å². The maximum atomic E-state index is 14.6. The van der Waals surface area contributed by atoms with Crippen LogP contribution in [-0.2, 0) is 59.0 Å². The molecule has 0 aliphatic carbocycles. The van der Waals surface area contributed by atoms with Crippen LogP contribution in [0, 0.1) is 0 Å². The van der Waals surface area contributed by atoms with Gasteiger partial charge in [0.15, 0.2) is 32.7 Å². The van der Waals surface area contributed by atoms with Crippen LogP contribution in [0.5, 0.6) is 0 Å². The van der Waals surface area contributed by atoms with Crippen LogP contribution in [0.1, 0.15) is 0 Å². The highest BCUT2D eigenvalue weighted by Gasteiger charge is 2.41. The van der Waals surface area contributed by atoms with Crippen LogP contribution in [0.15, 0.2) is 244 Å². The molecule has 6 rings (SSSR count). The second-order valence-electron chi connectivity index (χ2n) is 12.9. The lowest BCUT2D eigenvalue weighted by Gasteiger charge is -2.18. The Bertz CT molecular complexity index is 2960. The molecular weight excluding hydrogens is 901 g/mol. The summed E-state index contributed by atoms with van der Waals surface area (Å²) in [6.07, 6.45) is 1.15. The fourth-order valence-corrected chi connectivity index (χ4v) is 17.8. The number of hydrogen-bond donors (Lipinski definition) is 0. The van der Waals surface area contributed by atoms with Gasteiger partial charge in [0.1, 0.15) is 0 Å². The quantitative estimate of drug-likeness (QED) is 0.0980. The third-order valence-electron chi connectivity index (χ3n) is 8.93. The molecule has 0 unspecified atom stereocenters. The molecule has 0 saturated carbocycles. The molecule has 0 bridgehead atoms. The van der Waals surface area contributed by atoms with Crippen molar-refractivity contribution in [2.24, 2.45) is 0 Å². The van der Waals surface area contributed by atoms with E-state index in [0.717, 1.165) is 72.8 Å². The first-order chi connectivity index (χ1) is 28.8. The second-order valence-corrected chi connectivity index (χ2v) is 25.6. The molecule has 0 fully saturated rings. The van der Waals surface area contributed by atoms with Crippen LogP contribution < -0.4 is 0 Å². The van der Waals surface area contributed by atoms with Crippen molar-refractivity contribution in [3.63, 3.8) is 0 Å². The Morgan fingerprint density at radius 3 is 0.705 bits per heavy atom. The molecule has 0 aromatic heterocycles. The minimum atomic E-state index is -5.22. The number of allylic oxidation sites excluding steroid dienone is 3. The van der Waals surface area contributed by atoms with Gasteiger partial charge in [-0.25, -0.2) is 50.5 Å². The van der Waals surface area contributed by atoms with Gasteiger partial charge >= 0.3 is 0 Å². The van der Waals surface area contributed by atoms with Crippen molar-refractivity contribution < 1.29 is 50.5 Å². The molecular formula is C43H34O12S6. The molecule has 0 aliphatic heterocycles. The van der Waals surface area contributed by atoms with Crippen molar-refractivity contribution in [2.75, 3.05) is 0 Å². The molecule has 61 heavy (non-hydrogen) atoms. The molecule has 0 aliphatic rings. The van der Waals surface area contributed by atoms with Gasteiger partial charge in [0.25, 0.3) is 0 Å². The van der Waals surface area contributed by atoms with E-state index in [1.165, 1.54) is 109 Å². The van der Waals surface area contributed by atoms with Crippen molar-refractivity contribution >= 4 is 59.0 Å². The van der Waals surface area contributed by atoms with E-state index in [2.05, 4.69) is 0 Å². The van der Waals surface area contributed by atoms with Gasteiger partial charge in [0.2, 0.25) is 39.3 Å². The number of benzene rings is 6. The third-order valence-corrected chi connectivity index (χ3v) is 22.6. The van der Waals surface area contributed by atoms with E-state index in [0.29, 0.717) is 18.2 Å². The normalized spacial score (nSPS) is 12.5. The molecule has 0 N–H and O–H groups in total. The summed E-state index contributed by atoms with van der Waals surface area (Å²) in [6, 6.07) is 37.1. The molecule has 0 spiro atoms. The lowest BCUT2D eigenvalue weighted by molar-refractivity contribution is 0.580. The van der Waals surface area contributed by atoms with Crippen molar-refractivity contribution in [2.45, 2.75) is 34.0 Å². The smallest absolute Gasteiger partial charge is 0.217 e. The first-order valence-corrected chi connectivity index (χ1v) is 26.8. The van der Waals surface area contributed by atoms with Crippen LogP contribution in [0.3, 0.4) is 0 Å². The zero-order valence-electron chi connectivity index (χ0n) is 31.5. The maximum Gasteiger partial charge on any atom is 0.217 e. The Morgan fingerprint density at radius 2 is 0.492 bits per heavy atom. The van der Waals surface area contributed by atoms with Crippen LogP contribution in [0.25, 0.3) is 0 Å². The van der Waals surface area contributed by atoms with Crippen LogP contribution in [0.4, 0.5) is 0 Å². The summed E-state index contributed by atoms with van der Waals surface area (Å²) in [7, 11) is -31.2. The predicted octanol–water partition coefficient (Wildman–Crippen LogP) is 6.77. The monoisotopic (exact) mass is 934 g/mol. The van der Waals surface area contributed by atoms with Gasteiger partial charge in [-0.15, -0.1) is 0 Å². The molecule has 0 radical (unpaired) electrons. The average molecular weight is 935 g/mol. The SMILES string of the molecule is O=S(=O)(C(=CC(=CC(S(=O)(=O)c1ccccc1)S(=O)(=O)c1ccccc1)C=C(S(=O)(=O)c1ccccc1)S(=O)(=O)c1ccccc1)S(=O)(=O)c1ccccc1)c1ccccc1. The highest BCUT2D eigenvalue weighted by molar-refractivity contribution is 8.15. The minimum Gasteiger partial charge on any atom is -0.222 e. The van der Waals surface area contributed by atoms with E-state index in [4.69, 9.17) is 0 Å². The summed E-state index contributed by atoms with van der Waals surface area (Å²) in [5.41, 5.74) is -1.05. The van der Waals surface area contributed by atoms with Gasteiger partial charge in [-0.3, -0.25) is 0 Å². The van der Waals surface area contributed by atoms with Gasteiger partial charge in [-0.1, -0.05) is 109 Å². The topological polar surface area (TPSA) is 205 Å². The summed E-state index contributed by atoms with van der Waals surface area (Å²) in [5.74, 6) is 0. The van der Waals surface area contributed by atoms with Gasteiger partial charge in [0, 0.05) is 0 Å². The van der Waals surface area contributed by atoms with Crippen molar-refractivity contribution in [3.05, 3.63) is 214 Å². The standard InChI is InChI=1S/C43H34O12S6/c44-56(45,35-19-7-1-8-20-35)41(57(46,47)36-21-9-2-10-22-36)31-34(32-42(58(48,49)37-23-11-3-12-24-37)59(50,51)38-25-13-4-14-26-38)33-43(60(52,53)39-27-15-5-16-28-39)61(54,55)40-29-17-6-18-30-40/h1-33,41H. The molecule has 314 valence electrons. The Balaban J connectivity index is 1.84.